The molecule has 0 aliphatic rings. The first-order valence-corrected chi connectivity index (χ1v) is 6.93. The average Bonchev–Trinajstić information content (AvgIpc) is 2.33. The number of Topliss-reactive ketones (excluding diaryl/α,β-unsaturated/α-hetero) is 1. The normalized spacial score (nSPS) is 11.9. The van der Waals surface area contributed by atoms with Gasteiger partial charge in [0.1, 0.15) is 0 Å². The van der Waals surface area contributed by atoms with E-state index < -0.39 is 5.60 Å². The molecule has 0 aliphatic carbocycles. The highest BCUT2D eigenvalue weighted by Crippen LogP contribution is 2.12. The van der Waals surface area contributed by atoms with Crippen LogP contribution < -0.4 is 0 Å². The number of carbonyl (C=O) groups excluding carboxylic acids is 1. The summed E-state index contributed by atoms with van der Waals surface area (Å²) in [6.45, 7) is 7.61. The molecule has 0 heterocycles. The van der Waals surface area contributed by atoms with Crippen LogP contribution in [0.15, 0.2) is 24.3 Å². The van der Waals surface area contributed by atoms with Gasteiger partial charge in [-0.3, -0.25) is 4.79 Å². The van der Waals surface area contributed by atoms with Crippen molar-refractivity contribution in [1.82, 2.24) is 4.90 Å². The van der Waals surface area contributed by atoms with E-state index in [2.05, 4.69) is 4.90 Å². The first-order chi connectivity index (χ1) is 8.81. The van der Waals surface area contributed by atoms with Crippen LogP contribution in [0.25, 0.3) is 0 Å². The Balaban J connectivity index is 2.50. The van der Waals surface area contributed by atoms with Crippen molar-refractivity contribution in [3.8, 4) is 0 Å². The van der Waals surface area contributed by atoms with Crippen LogP contribution in [0.4, 0.5) is 0 Å². The highest BCUT2D eigenvalue weighted by molar-refractivity contribution is 6.30. The number of nitrogens with zero attached hydrogens (tertiary/aromatic N) is 1. The lowest BCUT2D eigenvalue weighted by molar-refractivity contribution is 0.0371. The van der Waals surface area contributed by atoms with Crippen LogP contribution in [-0.2, 0) is 0 Å². The zero-order valence-corrected chi connectivity index (χ0v) is 12.6. The fourth-order valence-electron chi connectivity index (χ4n) is 1.94. The number of hydrogen-bond donors (Lipinski definition) is 1. The molecule has 0 bridgehead atoms. The Hall–Kier alpha value is -0.900. The number of rotatable bonds is 7. The molecular formula is C15H22ClNO2. The fraction of sp³-hybridized carbons (Fsp3) is 0.533. The molecule has 1 aromatic rings. The van der Waals surface area contributed by atoms with Gasteiger partial charge in [0.25, 0.3) is 0 Å². The van der Waals surface area contributed by atoms with E-state index >= 15 is 0 Å². The van der Waals surface area contributed by atoms with E-state index in [0.29, 0.717) is 30.1 Å². The molecule has 106 valence electrons. The third-order valence-electron chi connectivity index (χ3n) is 2.88. The molecule has 0 saturated heterocycles. The molecule has 0 atom stereocenters. The lowest BCUT2D eigenvalue weighted by Gasteiger charge is -2.27. The zero-order chi connectivity index (χ0) is 14.5. The quantitative estimate of drug-likeness (QED) is 0.782. The molecule has 0 aliphatic heterocycles. The van der Waals surface area contributed by atoms with Crippen LogP contribution in [0.3, 0.4) is 0 Å². The second-order valence-electron chi connectivity index (χ2n) is 5.36. The molecule has 0 unspecified atom stereocenters. The maximum atomic E-state index is 12.0. The smallest absolute Gasteiger partial charge is 0.164 e. The summed E-state index contributed by atoms with van der Waals surface area (Å²) in [5.74, 6) is 0.103. The lowest BCUT2D eigenvalue weighted by atomic mass is 10.1. The number of likely N-dealkylation sites (N-methyl/N-ethyl adjacent to an activating group) is 1. The van der Waals surface area contributed by atoms with Gasteiger partial charge in [-0.1, -0.05) is 18.5 Å². The summed E-state index contributed by atoms with van der Waals surface area (Å²) < 4.78 is 0. The van der Waals surface area contributed by atoms with E-state index in [1.807, 2.05) is 6.92 Å². The predicted molar refractivity (Wildman–Crippen MR) is 78.8 cm³/mol. The Morgan fingerprint density at radius 3 is 2.37 bits per heavy atom. The van der Waals surface area contributed by atoms with Crippen molar-refractivity contribution >= 4 is 17.4 Å². The molecule has 0 radical (unpaired) electrons. The SMILES string of the molecule is CCN(CCC(=O)c1ccc(Cl)cc1)CC(C)(C)O. The third kappa shape index (κ3) is 6.19. The minimum atomic E-state index is -0.737. The first-order valence-electron chi connectivity index (χ1n) is 6.55. The van der Waals surface area contributed by atoms with Crippen molar-refractivity contribution in [3.05, 3.63) is 34.9 Å². The highest BCUT2D eigenvalue weighted by Gasteiger charge is 2.18. The molecule has 3 nitrogen and oxygen atoms in total. The topological polar surface area (TPSA) is 40.5 Å². The fourth-order valence-corrected chi connectivity index (χ4v) is 2.06. The number of benzene rings is 1. The van der Waals surface area contributed by atoms with Crippen LogP contribution in [0, 0.1) is 0 Å². The molecule has 0 spiro atoms. The standard InChI is InChI=1S/C15H22ClNO2/c1-4-17(11-15(2,3)19)10-9-14(18)12-5-7-13(16)8-6-12/h5-8,19H,4,9-11H2,1-3H3. The molecular weight excluding hydrogens is 262 g/mol. The molecule has 1 rings (SSSR count). The van der Waals surface area contributed by atoms with Crippen LogP contribution in [-0.4, -0.2) is 41.0 Å². The maximum absolute atomic E-state index is 12.0. The molecule has 0 fully saturated rings. The Labute approximate surface area is 120 Å². The van der Waals surface area contributed by atoms with Crippen molar-refractivity contribution in [2.24, 2.45) is 0 Å². The van der Waals surface area contributed by atoms with E-state index in [4.69, 9.17) is 11.6 Å². The largest absolute Gasteiger partial charge is 0.389 e. The van der Waals surface area contributed by atoms with Gasteiger partial charge in [0.05, 0.1) is 5.60 Å². The van der Waals surface area contributed by atoms with Crippen LogP contribution in [0.5, 0.6) is 0 Å². The molecule has 0 aromatic heterocycles. The van der Waals surface area contributed by atoms with Crippen molar-refractivity contribution < 1.29 is 9.90 Å². The summed E-state index contributed by atoms with van der Waals surface area (Å²) in [6, 6.07) is 6.94. The Morgan fingerprint density at radius 1 is 1.32 bits per heavy atom. The Bertz CT molecular complexity index is 409. The molecule has 1 aromatic carbocycles. The highest BCUT2D eigenvalue weighted by atomic mass is 35.5. The van der Waals surface area contributed by atoms with Gasteiger partial charge in [0.15, 0.2) is 5.78 Å². The summed E-state index contributed by atoms with van der Waals surface area (Å²) in [5.41, 5.74) is -0.0528. The van der Waals surface area contributed by atoms with Crippen LogP contribution in [0.2, 0.25) is 5.02 Å². The van der Waals surface area contributed by atoms with Crippen molar-refractivity contribution in [2.75, 3.05) is 19.6 Å². The Kier molecular flexibility index (Phi) is 5.98. The van der Waals surface area contributed by atoms with Gasteiger partial charge in [-0.25, -0.2) is 0 Å². The minimum absolute atomic E-state index is 0.103. The van der Waals surface area contributed by atoms with Crippen LogP contribution in [0.1, 0.15) is 37.6 Å². The van der Waals surface area contributed by atoms with Gasteiger partial charge >= 0.3 is 0 Å². The van der Waals surface area contributed by atoms with E-state index in [9.17, 15) is 9.90 Å². The molecule has 19 heavy (non-hydrogen) atoms. The molecule has 0 saturated carbocycles. The number of halogens is 1. The summed E-state index contributed by atoms with van der Waals surface area (Å²) >= 11 is 5.79. The van der Waals surface area contributed by atoms with Gasteiger partial charge < -0.3 is 10.0 Å². The third-order valence-corrected chi connectivity index (χ3v) is 3.13. The lowest BCUT2D eigenvalue weighted by Crippen LogP contribution is -2.39. The molecule has 4 heteroatoms. The van der Waals surface area contributed by atoms with Crippen molar-refractivity contribution in [3.63, 3.8) is 0 Å². The van der Waals surface area contributed by atoms with Crippen molar-refractivity contribution in [2.45, 2.75) is 32.8 Å². The predicted octanol–water partition coefficient (Wildman–Crippen LogP) is 3.01. The van der Waals surface area contributed by atoms with E-state index in [1.54, 1.807) is 38.1 Å². The average molecular weight is 284 g/mol. The van der Waals surface area contributed by atoms with Gasteiger partial charge in [0.2, 0.25) is 0 Å². The summed E-state index contributed by atoms with van der Waals surface area (Å²) in [4.78, 5) is 14.1. The van der Waals surface area contributed by atoms with Gasteiger partial charge in [-0.05, 0) is 44.7 Å². The summed E-state index contributed by atoms with van der Waals surface area (Å²) in [7, 11) is 0. The summed E-state index contributed by atoms with van der Waals surface area (Å²) in [5, 5.41) is 10.4. The van der Waals surface area contributed by atoms with E-state index in [1.165, 1.54) is 0 Å². The first kappa shape index (κ1) is 16.2. The maximum Gasteiger partial charge on any atom is 0.164 e. The van der Waals surface area contributed by atoms with Crippen LogP contribution >= 0.6 is 11.6 Å². The van der Waals surface area contributed by atoms with E-state index in [-0.39, 0.29) is 5.78 Å². The number of hydrogen-bond acceptors (Lipinski definition) is 3. The van der Waals surface area contributed by atoms with E-state index in [0.717, 1.165) is 6.54 Å². The van der Waals surface area contributed by atoms with Gasteiger partial charge in [-0.15, -0.1) is 0 Å². The summed E-state index contributed by atoms with van der Waals surface area (Å²) in [6.07, 6.45) is 0.450. The van der Waals surface area contributed by atoms with Crippen molar-refractivity contribution in [1.29, 1.82) is 0 Å². The van der Waals surface area contributed by atoms with Gasteiger partial charge in [0, 0.05) is 30.1 Å². The monoisotopic (exact) mass is 283 g/mol. The second kappa shape index (κ2) is 7.04. The second-order valence-corrected chi connectivity index (χ2v) is 5.80. The number of ketones is 1. The molecule has 0 amide bonds. The minimum Gasteiger partial charge on any atom is -0.389 e. The molecule has 1 N–H and O–H groups in total. The number of aliphatic hydroxyl groups is 1. The van der Waals surface area contributed by atoms with Gasteiger partial charge in [-0.2, -0.15) is 0 Å². The zero-order valence-electron chi connectivity index (χ0n) is 11.8. The Morgan fingerprint density at radius 2 is 1.89 bits per heavy atom. The number of carbonyl (C=O) groups is 1.